The number of fused-ring (bicyclic) bond motifs is 1. The SMILES string of the molecule is NC(=O)c1nn(-c2c(F)cccc2F)cc1Nc1nc2ccccc2[nH]1. The summed E-state index contributed by atoms with van der Waals surface area (Å²) in [5.41, 5.74) is 6.41. The molecule has 2 heterocycles. The van der Waals surface area contributed by atoms with Gasteiger partial charge in [0.2, 0.25) is 5.95 Å². The summed E-state index contributed by atoms with van der Waals surface area (Å²) < 4.78 is 28.9. The third-order valence-electron chi connectivity index (χ3n) is 3.76. The van der Waals surface area contributed by atoms with Crippen LogP contribution in [0.15, 0.2) is 48.7 Å². The van der Waals surface area contributed by atoms with E-state index in [1.807, 2.05) is 24.3 Å². The Balaban J connectivity index is 1.78. The maximum Gasteiger partial charge on any atom is 0.271 e. The van der Waals surface area contributed by atoms with Crippen LogP contribution in [-0.2, 0) is 0 Å². The number of aromatic nitrogens is 4. The fraction of sp³-hybridized carbons (Fsp3) is 0. The fourth-order valence-electron chi connectivity index (χ4n) is 2.61. The first-order valence-electron chi connectivity index (χ1n) is 7.58. The largest absolute Gasteiger partial charge is 0.364 e. The second kappa shape index (κ2) is 5.96. The van der Waals surface area contributed by atoms with Crippen molar-refractivity contribution in [2.24, 2.45) is 5.73 Å². The number of amides is 1. The van der Waals surface area contributed by atoms with Crippen molar-refractivity contribution in [3.8, 4) is 5.69 Å². The predicted molar refractivity (Wildman–Crippen MR) is 91.4 cm³/mol. The van der Waals surface area contributed by atoms with Gasteiger partial charge in [0.25, 0.3) is 5.91 Å². The fourth-order valence-corrected chi connectivity index (χ4v) is 2.61. The van der Waals surface area contributed by atoms with Crippen molar-refractivity contribution in [2.45, 2.75) is 0 Å². The maximum atomic E-state index is 14.0. The van der Waals surface area contributed by atoms with E-state index in [1.165, 1.54) is 12.3 Å². The number of hydrogen-bond donors (Lipinski definition) is 3. The molecule has 2 aromatic heterocycles. The highest BCUT2D eigenvalue weighted by molar-refractivity contribution is 5.97. The molecular weight excluding hydrogens is 342 g/mol. The van der Waals surface area contributed by atoms with E-state index in [0.29, 0.717) is 11.5 Å². The second-order valence-corrected chi connectivity index (χ2v) is 5.50. The molecule has 0 bridgehead atoms. The molecule has 26 heavy (non-hydrogen) atoms. The van der Waals surface area contributed by atoms with E-state index >= 15 is 0 Å². The lowest BCUT2D eigenvalue weighted by Gasteiger charge is -2.03. The van der Waals surface area contributed by atoms with Crippen LogP contribution < -0.4 is 11.1 Å². The number of nitrogens with two attached hydrogens (primary N) is 1. The Morgan fingerprint density at radius 3 is 2.54 bits per heavy atom. The van der Waals surface area contributed by atoms with Crippen molar-refractivity contribution in [1.29, 1.82) is 0 Å². The van der Waals surface area contributed by atoms with Gasteiger partial charge in [-0.05, 0) is 24.3 Å². The topological polar surface area (TPSA) is 102 Å². The van der Waals surface area contributed by atoms with E-state index < -0.39 is 23.2 Å². The van der Waals surface area contributed by atoms with Crippen LogP contribution in [0, 0.1) is 11.6 Å². The summed E-state index contributed by atoms with van der Waals surface area (Å²) in [6, 6.07) is 10.7. The van der Waals surface area contributed by atoms with Crippen LogP contribution in [-0.4, -0.2) is 25.7 Å². The molecule has 0 aliphatic heterocycles. The third kappa shape index (κ3) is 2.65. The smallest absolute Gasteiger partial charge is 0.271 e. The summed E-state index contributed by atoms with van der Waals surface area (Å²) in [6.45, 7) is 0. The molecule has 0 saturated carbocycles. The molecule has 4 rings (SSSR count). The Morgan fingerprint density at radius 1 is 1.12 bits per heavy atom. The van der Waals surface area contributed by atoms with Gasteiger partial charge in [-0.2, -0.15) is 5.10 Å². The van der Waals surface area contributed by atoms with Gasteiger partial charge in [-0.15, -0.1) is 0 Å². The molecule has 9 heteroatoms. The molecule has 0 aliphatic carbocycles. The number of aromatic amines is 1. The van der Waals surface area contributed by atoms with E-state index in [4.69, 9.17) is 5.73 Å². The predicted octanol–water partition coefficient (Wildman–Crippen LogP) is 2.87. The molecule has 0 aliphatic rings. The van der Waals surface area contributed by atoms with Crippen LogP contribution in [0.5, 0.6) is 0 Å². The van der Waals surface area contributed by atoms with Gasteiger partial charge < -0.3 is 16.0 Å². The number of carbonyl (C=O) groups excluding carboxylic acids is 1. The van der Waals surface area contributed by atoms with Gasteiger partial charge in [-0.1, -0.05) is 18.2 Å². The van der Waals surface area contributed by atoms with E-state index in [2.05, 4.69) is 20.4 Å². The molecule has 7 nitrogen and oxygen atoms in total. The number of para-hydroxylation sites is 3. The van der Waals surface area contributed by atoms with Crippen LogP contribution in [0.3, 0.4) is 0 Å². The van der Waals surface area contributed by atoms with Crippen LogP contribution in [0.1, 0.15) is 10.5 Å². The zero-order valence-corrected chi connectivity index (χ0v) is 13.2. The number of halogens is 2. The minimum atomic E-state index is -0.848. The van der Waals surface area contributed by atoms with Crippen LogP contribution in [0.4, 0.5) is 20.4 Å². The number of benzene rings is 2. The molecule has 0 radical (unpaired) electrons. The van der Waals surface area contributed by atoms with E-state index in [-0.39, 0.29) is 11.4 Å². The van der Waals surface area contributed by atoms with Gasteiger partial charge >= 0.3 is 0 Å². The first kappa shape index (κ1) is 15.8. The van der Waals surface area contributed by atoms with Crippen molar-refractivity contribution < 1.29 is 13.6 Å². The number of primary amides is 1. The van der Waals surface area contributed by atoms with Crippen molar-refractivity contribution in [3.05, 3.63) is 66.0 Å². The van der Waals surface area contributed by atoms with Crippen molar-refractivity contribution in [2.75, 3.05) is 5.32 Å². The molecular formula is C17H12F2N6O. The maximum absolute atomic E-state index is 14.0. The molecule has 0 unspecified atom stereocenters. The lowest BCUT2D eigenvalue weighted by molar-refractivity contribution is 0.0996. The van der Waals surface area contributed by atoms with Crippen molar-refractivity contribution in [1.82, 2.24) is 19.7 Å². The Kier molecular flexibility index (Phi) is 3.61. The van der Waals surface area contributed by atoms with Gasteiger partial charge in [0.15, 0.2) is 17.3 Å². The first-order chi connectivity index (χ1) is 12.5. The lowest BCUT2D eigenvalue weighted by Crippen LogP contribution is -2.14. The number of hydrogen-bond acceptors (Lipinski definition) is 4. The zero-order valence-electron chi connectivity index (χ0n) is 13.2. The monoisotopic (exact) mass is 354 g/mol. The average Bonchev–Trinajstić information content (AvgIpc) is 3.18. The molecule has 0 spiro atoms. The van der Waals surface area contributed by atoms with Crippen LogP contribution in [0.25, 0.3) is 16.7 Å². The Bertz CT molecular complexity index is 1080. The van der Waals surface area contributed by atoms with Crippen molar-refractivity contribution >= 4 is 28.6 Å². The van der Waals surface area contributed by atoms with Gasteiger partial charge in [-0.3, -0.25) is 4.79 Å². The number of imidazole rings is 1. The molecule has 0 fully saturated rings. The van der Waals surface area contributed by atoms with Gasteiger partial charge in [0, 0.05) is 0 Å². The number of carbonyl (C=O) groups is 1. The second-order valence-electron chi connectivity index (χ2n) is 5.50. The van der Waals surface area contributed by atoms with E-state index in [0.717, 1.165) is 22.3 Å². The molecule has 4 aromatic rings. The summed E-state index contributed by atoms with van der Waals surface area (Å²) in [5, 5.41) is 6.79. The molecule has 130 valence electrons. The Labute approximate surface area is 145 Å². The molecule has 0 saturated heterocycles. The lowest BCUT2D eigenvalue weighted by atomic mass is 10.3. The normalized spacial score (nSPS) is 11.0. The summed E-state index contributed by atoms with van der Waals surface area (Å²) in [4.78, 5) is 19.0. The summed E-state index contributed by atoms with van der Waals surface area (Å²) >= 11 is 0. The highest BCUT2D eigenvalue weighted by atomic mass is 19.1. The number of rotatable bonds is 4. The quantitative estimate of drug-likeness (QED) is 0.524. The first-order valence-corrected chi connectivity index (χ1v) is 7.58. The summed E-state index contributed by atoms with van der Waals surface area (Å²) in [7, 11) is 0. The summed E-state index contributed by atoms with van der Waals surface area (Å²) in [5.74, 6) is -2.15. The van der Waals surface area contributed by atoms with Gasteiger partial charge in [0.05, 0.1) is 22.9 Å². The number of nitrogens with zero attached hydrogens (tertiary/aromatic N) is 3. The average molecular weight is 354 g/mol. The highest BCUT2D eigenvalue weighted by Crippen LogP contribution is 2.24. The van der Waals surface area contributed by atoms with Crippen molar-refractivity contribution in [3.63, 3.8) is 0 Å². The molecule has 1 amide bonds. The molecule has 2 aromatic carbocycles. The Morgan fingerprint density at radius 2 is 1.85 bits per heavy atom. The van der Waals surface area contributed by atoms with Gasteiger partial charge in [-0.25, -0.2) is 18.4 Å². The van der Waals surface area contributed by atoms with Crippen LogP contribution >= 0.6 is 0 Å². The molecule has 0 atom stereocenters. The minimum absolute atomic E-state index is 0.166. The number of anilines is 2. The minimum Gasteiger partial charge on any atom is -0.364 e. The highest BCUT2D eigenvalue weighted by Gasteiger charge is 2.19. The van der Waals surface area contributed by atoms with E-state index in [9.17, 15) is 13.6 Å². The van der Waals surface area contributed by atoms with Crippen LogP contribution in [0.2, 0.25) is 0 Å². The standard InChI is InChI=1S/C17H12F2N6O/c18-9-4-3-5-10(19)15(9)25-8-13(14(24-25)16(20)26)23-17-21-11-6-1-2-7-12(11)22-17/h1-8H,(H2,20,26)(H2,21,22,23). The number of H-pyrrole nitrogens is 1. The van der Waals surface area contributed by atoms with Gasteiger partial charge in [0.1, 0.15) is 5.69 Å². The Hall–Kier alpha value is -3.75. The third-order valence-corrected chi connectivity index (χ3v) is 3.76. The zero-order chi connectivity index (χ0) is 18.3. The number of nitrogens with one attached hydrogen (secondary N) is 2. The molecule has 4 N–H and O–H groups in total. The van der Waals surface area contributed by atoms with E-state index in [1.54, 1.807) is 0 Å². The summed E-state index contributed by atoms with van der Waals surface area (Å²) in [6.07, 6.45) is 1.27.